The molecule has 11 rings (SSSR count). The van der Waals surface area contributed by atoms with Gasteiger partial charge in [-0.25, -0.2) is 14.6 Å². The molecule has 354 valence electrons. The largest absolute Gasteiger partial charge is 0.497 e. The molecular formula is C57H48N6O8. The van der Waals surface area contributed by atoms with E-state index in [-0.39, 0.29) is 36.1 Å². The van der Waals surface area contributed by atoms with Gasteiger partial charge in [0, 0.05) is 56.2 Å². The number of nitrogens with one attached hydrogen (secondary N) is 2. The summed E-state index contributed by atoms with van der Waals surface area (Å²) in [5.41, 5.74) is 13.5. The topological polar surface area (TPSA) is 165 Å². The van der Waals surface area contributed by atoms with E-state index in [4.69, 9.17) is 43.5 Å². The fourth-order valence-electron chi connectivity index (χ4n) is 10.3. The monoisotopic (exact) mass is 944 g/mol. The van der Waals surface area contributed by atoms with Crippen LogP contribution in [0.25, 0.3) is 78.7 Å². The number of H-pyrrole nitrogens is 2. The maximum Gasteiger partial charge on any atom is 0.359 e. The number of benzene rings is 4. The number of rotatable bonds is 10. The Morgan fingerprint density at radius 1 is 0.507 bits per heavy atom. The van der Waals surface area contributed by atoms with Crippen LogP contribution in [0.3, 0.4) is 0 Å². The second kappa shape index (κ2) is 18.2. The van der Waals surface area contributed by atoms with Crippen molar-refractivity contribution in [2.45, 2.75) is 24.8 Å². The third-order valence-electron chi connectivity index (χ3n) is 13.6. The van der Waals surface area contributed by atoms with E-state index in [1.807, 2.05) is 84.9 Å². The number of carbonyl (C=O) groups excluding carboxylic acids is 2. The highest BCUT2D eigenvalue weighted by Crippen LogP contribution is 2.51. The molecule has 0 radical (unpaired) electrons. The van der Waals surface area contributed by atoms with Crippen LogP contribution in [-0.4, -0.2) is 84.3 Å². The summed E-state index contributed by atoms with van der Waals surface area (Å²) in [5, 5.41) is 4.77. The van der Waals surface area contributed by atoms with Gasteiger partial charge in [0.2, 0.25) is 0 Å². The van der Waals surface area contributed by atoms with Crippen molar-refractivity contribution in [1.29, 1.82) is 0 Å². The third kappa shape index (κ3) is 7.73. The van der Waals surface area contributed by atoms with Crippen LogP contribution >= 0.6 is 0 Å². The van der Waals surface area contributed by atoms with Gasteiger partial charge in [-0.15, -0.1) is 0 Å². The van der Waals surface area contributed by atoms with Crippen molar-refractivity contribution in [3.63, 3.8) is 0 Å². The first-order chi connectivity index (χ1) is 34.7. The summed E-state index contributed by atoms with van der Waals surface area (Å²) >= 11 is 0. The molecule has 0 spiro atoms. The van der Waals surface area contributed by atoms with Gasteiger partial charge in [0.1, 0.15) is 28.6 Å². The summed E-state index contributed by atoms with van der Waals surface area (Å²) in [6.45, 7) is 0.264. The lowest BCUT2D eigenvalue weighted by Crippen LogP contribution is -2.26. The molecule has 0 saturated heterocycles. The zero-order chi connectivity index (χ0) is 48.9. The van der Waals surface area contributed by atoms with Crippen LogP contribution in [0.15, 0.2) is 121 Å². The predicted molar refractivity (Wildman–Crippen MR) is 272 cm³/mol. The minimum atomic E-state index is -0.737. The van der Waals surface area contributed by atoms with Crippen molar-refractivity contribution in [1.82, 2.24) is 29.7 Å². The minimum Gasteiger partial charge on any atom is -0.497 e. The van der Waals surface area contributed by atoms with Crippen molar-refractivity contribution in [2.24, 2.45) is 0 Å². The molecule has 7 heterocycles. The van der Waals surface area contributed by atoms with Crippen molar-refractivity contribution >= 4 is 46.2 Å². The summed E-state index contributed by atoms with van der Waals surface area (Å²) in [4.78, 5) is 46.1. The summed E-state index contributed by atoms with van der Waals surface area (Å²) in [6, 6.07) is 40.1. The molecule has 0 saturated carbocycles. The lowest BCUT2D eigenvalue weighted by Gasteiger charge is -2.28. The summed E-state index contributed by atoms with van der Waals surface area (Å²) in [5.74, 6) is 0.603. The number of nitrogens with zero attached hydrogens (tertiary/aromatic N) is 4. The van der Waals surface area contributed by atoms with E-state index in [1.165, 1.54) is 14.2 Å². The molecule has 14 heteroatoms. The van der Waals surface area contributed by atoms with E-state index in [0.29, 0.717) is 28.7 Å². The number of fused-ring (bicyclic) bond motifs is 12. The molecule has 0 amide bonds. The molecule has 4 aromatic heterocycles. The second-order valence-corrected chi connectivity index (χ2v) is 17.3. The maximum atomic E-state index is 13.7. The number of hydrogen-bond donors (Lipinski definition) is 2. The van der Waals surface area contributed by atoms with Gasteiger partial charge in [-0.1, -0.05) is 48.5 Å². The fourth-order valence-corrected chi connectivity index (χ4v) is 10.3. The number of ether oxygens (including phenoxy) is 6. The molecule has 8 bridgehead atoms. The van der Waals surface area contributed by atoms with E-state index in [2.05, 4.69) is 58.5 Å². The predicted octanol–water partition coefficient (Wildman–Crippen LogP) is 11.1. The van der Waals surface area contributed by atoms with E-state index < -0.39 is 11.9 Å². The van der Waals surface area contributed by atoms with Crippen LogP contribution in [-0.2, 0) is 22.4 Å². The van der Waals surface area contributed by atoms with Crippen LogP contribution in [0.1, 0.15) is 61.2 Å². The van der Waals surface area contributed by atoms with Crippen LogP contribution < -0.4 is 18.9 Å². The van der Waals surface area contributed by atoms with E-state index >= 15 is 0 Å². The minimum absolute atomic E-state index is 0.0691. The zero-order valence-electron chi connectivity index (χ0n) is 39.8. The van der Waals surface area contributed by atoms with E-state index in [9.17, 15) is 9.59 Å². The summed E-state index contributed by atoms with van der Waals surface area (Å²) in [6.07, 6.45) is 4.37. The van der Waals surface area contributed by atoms with Crippen molar-refractivity contribution in [3.8, 4) is 67.5 Å². The standard InChI is InChI=1S/C57H48N6O8/c1-66-35-15-7-11-31(25-35)48-41-19-20-42(58-41)49(32-12-8-16-36(26-32)67-2)44-22-24-46(60-44)51(34-14-10-18-38(28-34)69-4)54-40-30-63-47(52(56(64)70-5)55(62-63)57(65)71-6)29-39(40)53(61-54)50(45-23-21-43(48)59-45)33-13-9-17-37(27-33)68-3/h7-28,39-40,59-60H,29-30H2,1-6H3. The van der Waals surface area contributed by atoms with Crippen molar-refractivity contribution in [3.05, 3.63) is 161 Å². The quantitative estimate of drug-likeness (QED) is 0.125. The Bertz CT molecular complexity index is 3660. The molecule has 2 unspecified atom stereocenters. The molecule has 0 aliphatic carbocycles. The number of methoxy groups -OCH3 is 6. The van der Waals surface area contributed by atoms with Gasteiger partial charge in [-0.3, -0.25) is 9.67 Å². The van der Waals surface area contributed by atoms with Gasteiger partial charge in [0.15, 0.2) is 5.69 Å². The fraction of sp³-hybridized carbons (Fsp3) is 0.175. The average Bonchev–Trinajstić information content (AvgIpc) is 4.29. The van der Waals surface area contributed by atoms with Crippen LogP contribution in [0.5, 0.6) is 23.0 Å². The van der Waals surface area contributed by atoms with Crippen LogP contribution in [0.4, 0.5) is 0 Å². The number of aromatic nitrogens is 6. The Morgan fingerprint density at radius 3 is 1.34 bits per heavy atom. The Balaban J connectivity index is 1.34. The molecule has 14 nitrogen and oxygen atoms in total. The Morgan fingerprint density at radius 2 is 0.915 bits per heavy atom. The number of esters is 2. The Hall–Kier alpha value is -8.91. The molecular weight excluding hydrogens is 897 g/mol. The molecule has 8 aromatic rings. The number of aromatic amines is 2. The molecule has 0 fully saturated rings. The molecule has 4 aromatic carbocycles. The molecule has 71 heavy (non-hydrogen) atoms. The van der Waals surface area contributed by atoms with Crippen LogP contribution in [0, 0.1) is 0 Å². The smallest absolute Gasteiger partial charge is 0.359 e. The van der Waals surface area contributed by atoms with E-state index in [1.54, 1.807) is 33.1 Å². The average molecular weight is 945 g/mol. The number of hydrogen-bond acceptors (Lipinski definition) is 11. The highest BCUT2D eigenvalue weighted by Gasteiger charge is 2.44. The summed E-state index contributed by atoms with van der Waals surface area (Å²) < 4.78 is 35.5. The molecule has 2 atom stereocenters. The number of carbonyl (C=O) groups is 2. The van der Waals surface area contributed by atoms with Gasteiger partial charge in [0.05, 0.1) is 77.7 Å². The van der Waals surface area contributed by atoms with E-state index in [0.717, 1.165) is 89.4 Å². The lowest BCUT2D eigenvalue weighted by atomic mass is 9.79. The van der Waals surface area contributed by atoms with Crippen molar-refractivity contribution in [2.75, 3.05) is 42.7 Å². The van der Waals surface area contributed by atoms with Crippen molar-refractivity contribution < 1.29 is 38.0 Å². The lowest BCUT2D eigenvalue weighted by molar-refractivity contribution is 0.0551. The molecule has 3 aliphatic heterocycles. The van der Waals surface area contributed by atoms with Gasteiger partial charge >= 0.3 is 11.9 Å². The SMILES string of the molecule is COC(=O)c1nn2c(c1C(=O)OC)CC1c3nc(c(-c4cccc(OC)c4)c4ccc([nH]4)c(-c4cccc(OC)c4)c4nc(c(-c5cccc(OC)c5)c5ccc([nH]5)c3-c3cccc(OC)c3)C=C4)C1C2. The van der Waals surface area contributed by atoms with Gasteiger partial charge in [-0.05, 0) is 114 Å². The normalized spacial score (nSPS) is 14.6. The highest BCUT2D eigenvalue weighted by atomic mass is 16.5. The second-order valence-electron chi connectivity index (χ2n) is 17.3. The Labute approximate surface area is 408 Å². The third-order valence-corrected chi connectivity index (χ3v) is 13.6. The molecule has 3 aliphatic rings. The first-order valence-corrected chi connectivity index (χ1v) is 23.0. The summed E-state index contributed by atoms with van der Waals surface area (Å²) in [7, 11) is 9.18. The molecule has 2 N–H and O–H groups in total. The first kappa shape index (κ1) is 44.6. The van der Waals surface area contributed by atoms with Gasteiger partial charge in [0.25, 0.3) is 0 Å². The van der Waals surface area contributed by atoms with Crippen LogP contribution in [0.2, 0.25) is 0 Å². The Kier molecular flexibility index (Phi) is 11.4. The maximum absolute atomic E-state index is 13.7. The highest BCUT2D eigenvalue weighted by molar-refractivity contribution is 6.03. The van der Waals surface area contributed by atoms with Gasteiger partial charge < -0.3 is 38.4 Å². The first-order valence-electron chi connectivity index (χ1n) is 23.0. The van der Waals surface area contributed by atoms with Gasteiger partial charge in [-0.2, -0.15) is 5.10 Å². The zero-order valence-corrected chi connectivity index (χ0v) is 39.8.